The predicted octanol–water partition coefficient (Wildman–Crippen LogP) is 2.34. The first-order valence-electron chi connectivity index (χ1n) is 7.09. The first-order valence-corrected chi connectivity index (χ1v) is 8.64. The topological polar surface area (TPSA) is 87.2 Å². The second-order valence-corrected chi connectivity index (χ2v) is 7.65. The van der Waals surface area contributed by atoms with Gasteiger partial charge in [0.1, 0.15) is 5.75 Å². The maximum absolute atomic E-state index is 12.7. The monoisotopic (exact) mass is 307 g/mol. The summed E-state index contributed by atoms with van der Waals surface area (Å²) in [5, 5.41) is 10.1. The molecule has 2 N–H and O–H groups in total. The molecule has 112 valence electrons. The number of pyridine rings is 1. The smallest absolute Gasteiger partial charge is 0.271 e. The van der Waals surface area contributed by atoms with Crippen LogP contribution in [0.25, 0.3) is 10.9 Å². The molecule has 0 aliphatic heterocycles. The summed E-state index contributed by atoms with van der Waals surface area (Å²) in [4.78, 5) is 14.2. The van der Waals surface area contributed by atoms with E-state index in [4.69, 9.17) is 0 Å². The summed E-state index contributed by atoms with van der Waals surface area (Å²) in [6, 6.07) is 6.64. The SMILES string of the molecule is O=c1[nH]c2ccccc2c(O)c1S(=O)(=O)C1CCCCC1. The fraction of sp³-hybridized carbons (Fsp3) is 0.400. The molecule has 3 rings (SSSR count). The first kappa shape index (κ1) is 14.1. The van der Waals surface area contributed by atoms with Gasteiger partial charge < -0.3 is 10.1 Å². The first-order chi connectivity index (χ1) is 10.0. The van der Waals surface area contributed by atoms with E-state index in [1.54, 1.807) is 24.3 Å². The van der Waals surface area contributed by atoms with Crippen LogP contribution in [-0.2, 0) is 9.84 Å². The fourth-order valence-electron chi connectivity index (χ4n) is 3.01. The normalized spacial score (nSPS) is 17.1. The van der Waals surface area contributed by atoms with Gasteiger partial charge in [0, 0.05) is 5.39 Å². The van der Waals surface area contributed by atoms with E-state index in [0.717, 1.165) is 19.3 Å². The van der Waals surface area contributed by atoms with Gasteiger partial charge in [-0.15, -0.1) is 0 Å². The minimum Gasteiger partial charge on any atom is -0.506 e. The van der Waals surface area contributed by atoms with Crippen LogP contribution in [0.15, 0.2) is 34.0 Å². The number of sulfone groups is 1. The van der Waals surface area contributed by atoms with Crippen molar-refractivity contribution in [3.8, 4) is 5.75 Å². The molecule has 1 saturated carbocycles. The third kappa shape index (κ3) is 2.33. The molecule has 1 fully saturated rings. The van der Waals surface area contributed by atoms with Gasteiger partial charge in [0.15, 0.2) is 14.7 Å². The van der Waals surface area contributed by atoms with Crippen LogP contribution in [0.1, 0.15) is 32.1 Å². The molecule has 21 heavy (non-hydrogen) atoms. The van der Waals surface area contributed by atoms with Crippen LogP contribution in [-0.4, -0.2) is 23.8 Å². The Balaban J connectivity index is 2.22. The molecule has 0 radical (unpaired) electrons. The highest BCUT2D eigenvalue weighted by molar-refractivity contribution is 7.92. The van der Waals surface area contributed by atoms with Gasteiger partial charge in [0.25, 0.3) is 5.56 Å². The number of aromatic hydroxyl groups is 1. The largest absolute Gasteiger partial charge is 0.506 e. The molecule has 0 atom stereocenters. The van der Waals surface area contributed by atoms with E-state index in [2.05, 4.69) is 4.98 Å². The van der Waals surface area contributed by atoms with E-state index in [1.807, 2.05) is 0 Å². The van der Waals surface area contributed by atoms with E-state index < -0.39 is 31.3 Å². The summed E-state index contributed by atoms with van der Waals surface area (Å²) >= 11 is 0. The van der Waals surface area contributed by atoms with Crippen LogP contribution < -0.4 is 5.56 Å². The standard InChI is InChI=1S/C15H17NO4S/c17-13-11-8-4-5-9-12(11)16-15(18)14(13)21(19,20)10-6-2-1-3-7-10/h4-5,8-10H,1-3,6-7H2,(H2,16,17,18). The van der Waals surface area contributed by atoms with Crippen LogP contribution in [0, 0.1) is 0 Å². The third-order valence-corrected chi connectivity index (χ3v) is 6.42. The Morgan fingerprint density at radius 2 is 1.76 bits per heavy atom. The highest BCUT2D eigenvalue weighted by Crippen LogP contribution is 2.33. The van der Waals surface area contributed by atoms with Gasteiger partial charge in [-0.2, -0.15) is 0 Å². The Bertz CT molecular complexity index is 832. The van der Waals surface area contributed by atoms with Crippen molar-refractivity contribution in [2.45, 2.75) is 42.2 Å². The van der Waals surface area contributed by atoms with Crippen LogP contribution in [0.4, 0.5) is 0 Å². The Morgan fingerprint density at radius 1 is 1.10 bits per heavy atom. The lowest BCUT2D eigenvalue weighted by Gasteiger charge is -2.21. The third-order valence-electron chi connectivity index (χ3n) is 4.13. The summed E-state index contributed by atoms with van der Waals surface area (Å²) in [6.45, 7) is 0. The number of aromatic nitrogens is 1. The highest BCUT2D eigenvalue weighted by atomic mass is 32.2. The molecule has 0 bridgehead atoms. The second kappa shape index (κ2) is 5.18. The average molecular weight is 307 g/mol. The zero-order chi connectivity index (χ0) is 15.0. The predicted molar refractivity (Wildman–Crippen MR) is 80.3 cm³/mol. The van der Waals surface area contributed by atoms with Crippen molar-refractivity contribution in [3.63, 3.8) is 0 Å². The number of hydrogen-bond donors (Lipinski definition) is 2. The fourth-order valence-corrected chi connectivity index (χ4v) is 4.99. The van der Waals surface area contributed by atoms with Crippen molar-refractivity contribution < 1.29 is 13.5 Å². The summed E-state index contributed by atoms with van der Waals surface area (Å²) in [7, 11) is -3.81. The lowest BCUT2D eigenvalue weighted by molar-refractivity contribution is 0.454. The van der Waals surface area contributed by atoms with Crippen molar-refractivity contribution in [2.75, 3.05) is 0 Å². The van der Waals surface area contributed by atoms with Gasteiger partial charge in [-0.1, -0.05) is 31.4 Å². The number of para-hydroxylation sites is 1. The lowest BCUT2D eigenvalue weighted by Crippen LogP contribution is -2.29. The van der Waals surface area contributed by atoms with E-state index in [-0.39, 0.29) is 0 Å². The van der Waals surface area contributed by atoms with E-state index in [1.165, 1.54) is 0 Å². The minimum atomic E-state index is -3.81. The number of hydrogen-bond acceptors (Lipinski definition) is 4. The molecular weight excluding hydrogens is 290 g/mol. The number of nitrogens with one attached hydrogen (secondary N) is 1. The molecule has 1 aromatic carbocycles. The van der Waals surface area contributed by atoms with Gasteiger partial charge in [-0.25, -0.2) is 8.42 Å². The van der Waals surface area contributed by atoms with E-state index in [0.29, 0.717) is 23.7 Å². The molecule has 1 heterocycles. The Hall–Kier alpha value is -1.82. The summed E-state index contributed by atoms with van der Waals surface area (Å²) in [5.74, 6) is -0.431. The van der Waals surface area contributed by atoms with Crippen molar-refractivity contribution in [1.82, 2.24) is 4.98 Å². The summed E-state index contributed by atoms with van der Waals surface area (Å²) < 4.78 is 25.4. The molecule has 1 aliphatic carbocycles. The highest BCUT2D eigenvalue weighted by Gasteiger charge is 2.34. The number of H-pyrrole nitrogens is 1. The van der Waals surface area contributed by atoms with Crippen molar-refractivity contribution in [1.29, 1.82) is 0 Å². The van der Waals surface area contributed by atoms with Crippen LogP contribution in [0.3, 0.4) is 0 Å². The number of benzene rings is 1. The number of rotatable bonds is 2. The van der Waals surface area contributed by atoms with Crippen LogP contribution >= 0.6 is 0 Å². The maximum Gasteiger partial charge on any atom is 0.271 e. The van der Waals surface area contributed by atoms with Crippen molar-refractivity contribution in [2.24, 2.45) is 0 Å². The van der Waals surface area contributed by atoms with E-state index >= 15 is 0 Å². The second-order valence-electron chi connectivity index (χ2n) is 5.48. The molecule has 5 nitrogen and oxygen atoms in total. The zero-order valence-corrected chi connectivity index (χ0v) is 12.3. The van der Waals surface area contributed by atoms with Gasteiger partial charge in [0.05, 0.1) is 10.8 Å². The zero-order valence-electron chi connectivity index (χ0n) is 11.5. The molecule has 0 spiro atoms. The summed E-state index contributed by atoms with van der Waals surface area (Å²) in [5.41, 5.74) is -0.306. The van der Waals surface area contributed by atoms with Gasteiger partial charge in [-0.05, 0) is 25.0 Å². The molecule has 2 aromatic rings. The minimum absolute atomic E-state index is 0.353. The van der Waals surface area contributed by atoms with Crippen LogP contribution in [0.2, 0.25) is 0 Å². The molecule has 1 aliphatic rings. The Morgan fingerprint density at radius 3 is 2.48 bits per heavy atom. The van der Waals surface area contributed by atoms with Crippen molar-refractivity contribution >= 4 is 20.7 Å². The van der Waals surface area contributed by atoms with E-state index in [9.17, 15) is 18.3 Å². The van der Waals surface area contributed by atoms with Gasteiger partial charge >= 0.3 is 0 Å². The Kier molecular flexibility index (Phi) is 3.49. The number of aromatic amines is 1. The number of fused-ring (bicyclic) bond motifs is 1. The Labute approximate surface area is 122 Å². The van der Waals surface area contributed by atoms with Gasteiger partial charge in [0.2, 0.25) is 0 Å². The van der Waals surface area contributed by atoms with Crippen molar-refractivity contribution in [3.05, 3.63) is 34.6 Å². The maximum atomic E-state index is 12.7. The lowest BCUT2D eigenvalue weighted by atomic mass is 10.0. The molecule has 0 unspecified atom stereocenters. The average Bonchev–Trinajstić information content (AvgIpc) is 2.48. The van der Waals surface area contributed by atoms with Crippen LogP contribution in [0.5, 0.6) is 5.75 Å². The molecule has 0 amide bonds. The molecule has 0 saturated heterocycles. The van der Waals surface area contributed by atoms with Gasteiger partial charge in [-0.3, -0.25) is 4.79 Å². The summed E-state index contributed by atoms with van der Waals surface area (Å²) in [6.07, 6.45) is 3.81. The molecule has 6 heteroatoms. The molecule has 1 aromatic heterocycles. The quantitative estimate of drug-likeness (QED) is 0.891. The molecular formula is C15H17NO4S.